The van der Waals surface area contributed by atoms with Gasteiger partial charge in [0.2, 0.25) is 5.91 Å². The molecule has 1 fully saturated rings. The van der Waals surface area contributed by atoms with E-state index in [9.17, 15) is 4.79 Å². The smallest absolute Gasteiger partial charge is 0.224 e. The number of rotatable bonds is 4. The van der Waals surface area contributed by atoms with E-state index in [0.717, 1.165) is 57.7 Å². The van der Waals surface area contributed by atoms with E-state index in [-0.39, 0.29) is 17.4 Å². The zero-order valence-electron chi connectivity index (χ0n) is 15.2. The molecule has 1 aromatic carbocycles. The first-order valence-electron chi connectivity index (χ1n) is 9.20. The van der Waals surface area contributed by atoms with Crippen LogP contribution in [0.5, 0.6) is 5.75 Å². The summed E-state index contributed by atoms with van der Waals surface area (Å²) in [7, 11) is 0. The normalized spacial score (nSPS) is 21.2. The number of amides is 1. The second-order valence-electron chi connectivity index (χ2n) is 8.17. The van der Waals surface area contributed by atoms with Crippen LogP contribution in [0.2, 0.25) is 0 Å². The number of carbonyl (C=O) groups excluding carboxylic acids is 1. The molecule has 4 nitrogen and oxygen atoms in total. The summed E-state index contributed by atoms with van der Waals surface area (Å²) in [6, 6.07) is 6.57. The first-order chi connectivity index (χ1) is 11.4. The number of hydrogen-bond donors (Lipinski definition) is 1. The number of nitrogens with one attached hydrogen (secondary N) is 1. The SMILES string of the molecule is CC(C)(C)NC(=O)C1CCCN(CCc2ccc3c(c2)CCO3)C1. The number of ether oxygens (including phenoxy) is 1. The third-order valence-corrected chi connectivity index (χ3v) is 4.85. The predicted octanol–water partition coefficient (Wildman–Crippen LogP) is 2.79. The minimum atomic E-state index is -0.147. The Morgan fingerprint density at radius 1 is 1.38 bits per heavy atom. The quantitative estimate of drug-likeness (QED) is 0.923. The van der Waals surface area contributed by atoms with Gasteiger partial charge in [0.15, 0.2) is 0 Å². The summed E-state index contributed by atoms with van der Waals surface area (Å²) in [6.45, 7) is 9.97. The molecule has 2 aliphatic rings. The molecule has 2 aliphatic heterocycles. The number of hydrogen-bond acceptors (Lipinski definition) is 3. The van der Waals surface area contributed by atoms with Gasteiger partial charge in [-0.15, -0.1) is 0 Å². The highest BCUT2D eigenvalue weighted by molar-refractivity contribution is 5.79. The number of piperidine rings is 1. The van der Waals surface area contributed by atoms with Crippen LogP contribution in [-0.4, -0.2) is 42.6 Å². The number of nitrogens with zero attached hydrogens (tertiary/aromatic N) is 1. The third kappa shape index (κ3) is 4.50. The minimum absolute atomic E-state index is 0.131. The van der Waals surface area contributed by atoms with E-state index < -0.39 is 0 Å². The van der Waals surface area contributed by atoms with Gasteiger partial charge < -0.3 is 15.0 Å². The Morgan fingerprint density at radius 3 is 3.00 bits per heavy atom. The van der Waals surface area contributed by atoms with E-state index in [1.165, 1.54) is 11.1 Å². The van der Waals surface area contributed by atoms with Gasteiger partial charge in [0.05, 0.1) is 12.5 Å². The predicted molar refractivity (Wildman–Crippen MR) is 96.4 cm³/mol. The lowest BCUT2D eigenvalue weighted by molar-refractivity contribution is -0.128. The molecule has 1 saturated heterocycles. The molecule has 0 saturated carbocycles. The summed E-state index contributed by atoms with van der Waals surface area (Å²) >= 11 is 0. The molecule has 4 heteroatoms. The number of carbonyl (C=O) groups is 1. The highest BCUT2D eigenvalue weighted by Crippen LogP contribution is 2.26. The maximum atomic E-state index is 12.4. The molecule has 0 radical (unpaired) electrons. The monoisotopic (exact) mass is 330 g/mol. The molecular weight excluding hydrogens is 300 g/mol. The van der Waals surface area contributed by atoms with Gasteiger partial charge in [0.25, 0.3) is 0 Å². The summed E-state index contributed by atoms with van der Waals surface area (Å²) in [4.78, 5) is 14.9. The molecule has 1 unspecified atom stereocenters. The van der Waals surface area contributed by atoms with Gasteiger partial charge in [-0.25, -0.2) is 0 Å². The Morgan fingerprint density at radius 2 is 2.21 bits per heavy atom. The van der Waals surface area contributed by atoms with E-state index in [1.807, 2.05) is 20.8 Å². The average Bonchev–Trinajstić information content (AvgIpc) is 2.99. The van der Waals surface area contributed by atoms with Crippen molar-refractivity contribution < 1.29 is 9.53 Å². The highest BCUT2D eigenvalue weighted by Gasteiger charge is 2.27. The van der Waals surface area contributed by atoms with E-state index in [2.05, 4.69) is 28.4 Å². The van der Waals surface area contributed by atoms with Gasteiger partial charge in [-0.05, 0) is 63.8 Å². The largest absolute Gasteiger partial charge is 0.493 e. The van der Waals surface area contributed by atoms with Crippen molar-refractivity contribution >= 4 is 5.91 Å². The second kappa shape index (κ2) is 7.14. The Bertz CT molecular complexity index is 592. The average molecular weight is 330 g/mol. The van der Waals surface area contributed by atoms with Crippen molar-refractivity contribution in [3.8, 4) is 5.75 Å². The van der Waals surface area contributed by atoms with Crippen molar-refractivity contribution in [3.05, 3.63) is 29.3 Å². The third-order valence-electron chi connectivity index (χ3n) is 4.85. The molecule has 1 amide bonds. The lowest BCUT2D eigenvalue weighted by Crippen LogP contribution is -2.48. The van der Waals surface area contributed by atoms with Gasteiger partial charge in [0.1, 0.15) is 5.75 Å². The Balaban J connectivity index is 1.51. The van der Waals surface area contributed by atoms with Crippen molar-refractivity contribution in [1.82, 2.24) is 10.2 Å². The molecule has 24 heavy (non-hydrogen) atoms. The van der Waals surface area contributed by atoms with E-state index in [4.69, 9.17) is 4.74 Å². The first kappa shape index (κ1) is 17.3. The maximum Gasteiger partial charge on any atom is 0.224 e. The molecule has 0 aromatic heterocycles. The molecule has 0 bridgehead atoms. The minimum Gasteiger partial charge on any atom is -0.493 e. The van der Waals surface area contributed by atoms with Gasteiger partial charge in [-0.2, -0.15) is 0 Å². The summed E-state index contributed by atoms with van der Waals surface area (Å²) in [5.41, 5.74) is 2.57. The van der Waals surface area contributed by atoms with Crippen LogP contribution in [0.25, 0.3) is 0 Å². The Hall–Kier alpha value is -1.55. The first-order valence-corrected chi connectivity index (χ1v) is 9.20. The van der Waals surface area contributed by atoms with Crippen LogP contribution in [0.4, 0.5) is 0 Å². The molecule has 0 aliphatic carbocycles. The number of fused-ring (bicyclic) bond motifs is 1. The van der Waals surface area contributed by atoms with Crippen molar-refractivity contribution in [2.45, 2.75) is 52.0 Å². The standard InChI is InChI=1S/C20H30N2O2/c1-20(2,3)21-19(23)17-5-4-10-22(14-17)11-8-15-6-7-18-16(13-15)9-12-24-18/h6-7,13,17H,4-5,8-12,14H2,1-3H3,(H,21,23). The Kier molecular flexibility index (Phi) is 5.14. The van der Waals surface area contributed by atoms with E-state index in [0.29, 0.717) is 0 Å². The van der Waals surface area contributed by atoms with Gasteiger partial charge in [0, 0.05) is 25.0 Å². The fourth-order valence-electron chi connectivity index (χ4n) is 3.63. The van der Waals surface area contributed by atoms with Gasteiger partial charge in [-0.1, -0.05) is 12.1 Å². The van der Waals surface area contributed by atoms with Crippen molar-refractivity contribution in [3.63, 3.8) is 0 Å². The van der Waals surface area contributed by atoms with Crippen LogP contribution >= 0.6 is 0 Å². The molecule has 3 rings (SSSR count). The van der Waals surface area contributed by atoms with Crippen molar-refractivity contribution in [2.75, 3.05) is 26.2 Å². The Labute approximate surface area is 145 Å². The summed E-state index contributed by atoms with van der Waals surface area (Å²) in [6.07, 6.45) is 4.19. The van der Waals surface area contributed by atoms with Gasteiger partial charge in [-0.3, -0.25) is 4.79 Å². The molecule has 1 N–H and O–H groups in total. The molecule has 0 spiro atoms. The van der Waals surface area contributed by atoms with Crippen LogP contribution in [0.3, 0.4) is 0 Å². The maximum absolute atomic E-state index is 12.4. The molecule has 1 atom stereocenters. The zero-order valence-corrected chi connectivity index (χ0v) is 15.2. The lowest BCUT2D eigenvalue weighted by atomic mass is 9.95. The number of benzene rings is 1. The molecule has 2 heterocycles. The summed E-state index contributed by atoms with van der Waals surface area (Å²) in [5, 5.41) is 3.13. The lowest BCUT2D eigenvalue weighted by Gasteiger charge is -2.33. The summed E-state index contributed by atoms with van der Waals surface area (Å²) in [5.74, 6) is 1.39. The summed E-state index contributed by atoms with van der Waals surface area (Å²) < 4.78 is 5.57. The zero-order chi connectivity index (χ0) is 17.2. The van der Waals surface area contributed by atoms with Crippen molar-refractivity contribution in [2.24, 2.45) is 5.92 Å². The number of likely N-dealkylation sites (tertiary alicyclic amines) is 1. The fraction of sp³-hybridized carbons (Fsp3) is 0.650. The van der Waals surface area contributed by atoms with Crippen LogP contribution in [-0.2, 0) is 17.6 Å². The molecule has 1 aromatic rings. The molecule has 132 valence electrons. The van der Waals surface area contributed by atoms with Crippen LogP contribution in [0.1, 0.15) is 44.7 Å². The fourth-order valence-corrected chi connectivity index (χ4v) is 3.63. The van der Waals surface area contributed by atoms with Crippen molar-refractivity contribution in [1.29, 1.82) is 0 Å². The molecular formula is C20H30N2O2. The van der Waals surface area contributed by atoms with Gasteiger partial charge >= 0.3 is 0 Å². The van der Waals surface area contributed by atoms with E-state index in [1.54, 1.807) is 0 Å². The van der Waals surface area contributed by atoms with Crippen LogP contribution in [0.15, 0.2) is 18.2 Å². The second-order valence-corrected chi connectivity index (χ2v) is 8.17. The van der Waals surface area contributed by atoms with E-state index >= 15 is 0 Å². The van der Waals surface area contributed by atoms with Crippen LogP contribution in [0, 0.1) is 5.92 Å². The topological polar surface area (TPSA) is 41.6 Å². The van der Waals surface area contributed by atoms with Crippen LogP contribution < -0.4 is 10.1 Å². The highest BCUT2D eigenvalue weighted by atomic mass is 16.5.